The van der Waals surface area contributed by atoms with E-state index in [0.717, 1.165) is 11.3 Å². The minimum atomic E-state index is -1.18. The normalized spacial score (nSPS) is 19.8. The molecular weight excluding hydrogens is 489 g/mol. The van der Waals surface area contributed by atoms with Crippen LogP contribution in [-0.4, -0.2) is 20.3 Å². The van der Waals surface area contributed by atoms with Crippen molar-refractivity contribution in [3.63, 3.8) is 0 Å². The molecule has 0 amide bonds. The molecule has 0 unspecified atom stereocenters. The maximum Gasteiger partial charge on any atom is 0.0979 e. The molecule has 3 aromatic carbocycles. The van der Waals surface area contributed by atoms with Crippen molar-refractivity contribution in [2.45, 2.75) is 107 Å². The molecule has 5 rings (SSSR count). The maximum absolute atomic E-state index is 13.6. The highest BCUT2D eigenvalue weighted by Crippen LogP contribution is 2.56. The zero-order chi connectivity index (χ0) is 25.8. The minimum absolute atomic E-state index is 0.0851. The maximum atomic E-state index is 13.6. The van der Waals surface area contributed by atoms with Gasteiger partial charge >= 0.3 is 0 Å². The molecule has 0 aliphatic heterocycles. The second kappa shape index (κ2) is 12.1. The third-order valence-electron chi connectivity index (χ3n) is 8.35. The summed E-state index contributed by atoms with van der Waals surface area (Å²) in [7, 11) is -1.44. The summed E-state index contributed by atoms with van der Waals surface area (Å²) >= 11 is 0. The fourth-order valence-corrected chi connectivity index (χ4v) is 11.2. The first-order chi connectivity index (χ1) is 17.9. The van der Waals surface area contributed by atoms with Gasteiger partial charge in [-0.15, -0.1) is 0 Å². The Kier molecular flexibility index (Phi) is 8.85. The molecule has 2 atom stereocenters. The Labute approximate surface area is 228 Å². The van der Waals surface area contributed by atoms with Gasteiger partial charge in [-0.25, -0.2) is 8.93 Å². The van der Waals surface area contributed by atoms with Crippen molar-refractivity contribution in [3.05, 3.63) is 77.9 Å². The van der Waals surface area contributed by atoms with Gasteiger partial charge in [-0.05, 0) is 91.0 Å². The van der Waals surface area contributed by atoms with Crippen molar-refractivity contribution >= 4 is 35.0 Å². The largest absolute Gasteiger partial charge is 0.242 e. The van der Waals surface area contributed by atoms with Gasteiger partial charge in [0.15, 0.2) is 0 Å². The topological polar surface area (TPSA) is 29.1 Å². The van der Waals surface area contributed by atoms with Crippen molar-refractivity contribution in [2.75, 3.05) is 0 Å². The molecule has 2 fully saturated rings. The molecule has 2 aliphatic carbocycles. The summed E-state index contributed by atoms with van der Waals surface area (Å²) < 4.78 is 16.9. The summed E-state index contributed by atoms with van der Waals surface area (Å²) in [4.78, 5) is 0. The summed E-state index contributed by atoms with van der Waals surface area (Å²) in [6, 6.07) is 24.5. The van der Waals surface area contributed by atoms with E-state index in [9.17, 15) is 4.21 Å². The van der Waals surface area contributed by atoms with Crippen LogP contribution in [0.1, 0.15) is 102 Å². The molecule has 0 aromatic heterocycles. The first-order valence-corrected chi connectivity index (χ1v) is 17.1. The summed E-state index contributed by atoms with van der Waals surface area (Å²) in [5, 5.41) is 4.07. The quantitative estimate of drug-likeness (QED) is 0.302. The lowest BCUT2D eigenvalue weighted by Crippen LogP contribution is -2.38. The van der Waals surface area contributed by atoms with Crippen LogP contribution in [0.2, 0.25) is 0 Å². The summed E-state index contributed by atoms with van der Waals surface area (Å²) in [5.74, 6) is 0. The first kappa shape index (κ1) is 27.0. The van der Waals surface area contributed by atoms with Crippen molar-refractivity contribution in [1.82, 2.24) is 4.72 Å². The Hall–Kier alpha value is -1.54. The van der Waals surface area contributed by atoms with E-state index in [1.54, 1.807) is 5.30 Å². The molecule has 0 heterocycles. The number of fused-ring (bicyclic) bond motifs is 1. The highest BCUT2D eigenvalue weighted by atomic mass is 32.2. The lowest BCUT2D eigenvalue weighted by atomic mass is 9.97. The fraction of sp³-hybridized carbons (Fsp3) is 0.515. The third-order valence-corrected chi connectivity index (χ3v) is 13.5. The second-order valence-electron chi connectivity index (χ2n) is 12.1. The van der Waals surface area contributed by atoms with Crippen molar-refractivity contribution < 1.29 is 4.21 Å². The Morgan fingerprint density at radius 3 is 1.95 bits per heavy atom. The van der Waals surface area contributed by atoms with E-state index in [1.807, 2.05) is 0 Å². The molecular formula is C33H44NOPS. The number of nitrogens with one attached hydrogen (secondary N) is 1. The van der Waals surface area contributed by atoms with Crippen molar-refractivity contribution in [2.24, 2.45) is 0 Å². The van der Waals surface area contributed by atoms with Crippen LogP contribution in [0.4, 0.5) is 0 Å². The predicted molar refractivity (Wildman–Crippen MR) is 164 cm³/mol. The van der Waals surface area contributed by atoms with Crippen LogP contribution in [-0.2, 0) is 11.0 Å². The third kappa shape index (κ3) is 6.38. The predicted octanol–water partition coefficient (Wildman–Crippen LogP) is 8.75. The van der Waals surface area contributed by atoms with E-state index in [4.69, 9.17) is 0 Å². The van der Waals surface area contributed by atoms with Crippen LogP contribution in [0.15, 0.2) is 66.7 Å². The van der Waals surface area contributed by atoms with E-state index < -0.39 is 11.0 Å². The van der Waals surface area contributed by atoms with E-state index in [1.165, 1.54) is 86.1 Å². The lowest BCUT2D eigenvalue weighted by Gasteiger charge is -2.40. The van der Waals surface area contributed by atoms with Gasteiger partial charge in [-0.3, -0.25) is 0 Å². The number of benzene rings is 3. The van der Waals surface area contributed by atoms with Gasteiger partial charge < -0.3 is 0 Å². The van der Waals surface area contributed by atoms with E-state index >= 15 is 0 Å². The molecule has 2 saturated carbocycles. The van der Waals surface area contributed by atoms with Crippen LogP contribution < -0.4 is 10.0 Å². The Bertz CT molecular complexity index is 1190. The van der Waals surface area contributed by atoms with Crippen LogP contribution in [0.3, 0.4) is 0 Å². The van der Waals surface area contributed by atoms with Crippen molar-refractivity contribution in [3.8, 4) is 0 Å². The zero-order valence-corrected chi connectivity index (χ0v) is 24.6. The van der Waals surface area contributed by atoms with Gasteiger partial charge in [0, 0.05) is 0 Å². The molecule has 1 N–H and O–H groups in total. The Balaban J connectivity index is 1.62. The standard InChI is InChI=1S/C33H44NOPS/c1-33(2,3)37(35)34-32(27-23-22-25-14-10-11-15-26(25)24-27)30-20-12-13-21-31(30)36(28-16-6-4-7-17-28)29-18-8-5-9-19-29/h10-15,20-24,28-29,32,34H,4-9,16-19H2,1-3H3/t32-,37+/m1/s1. The molecule has 2 aliphatic rings. The van der Waals surface area contributed by atoms with Gasteiger partial charge in [-0.2, -0.15) is 0 Å². The molecule has 0 radical (unpaired) electrons. The van der Waals surface area contributed by atoms with Crippen LogP contribution >= 0.6 is 7.92 Å². The molecule has 3 aromatic rings. The molecule has 2 nitrogen and oxygen atoms in total. The monoisotopic (exact) mass is 533 g/mol. The van der Waals surface area contributed by atoms with Crippen LogP contribution in [0.5, 0.6) is 0 Å². The average Bonchev–Trinajstić information content (AvgIpc) is 2.92. The van der Waals surface area contributed by atoms with Gasteiger partial charge in [0.1, 0.15) is 0 Å². The van der Waals surface area contributed by atoms with Crippen LogP contribution in [0, 0.1) is 0 Å². The SMILES string of the molecule is CC(C)(C)[S@](=O)N[C@H](c1ccc2ccccc2c1)c1ccccc1P(C1CCCCC1)C1CCCCC1. The molecule has 0 saturated heterocycles. The highest BCUT2D eigenvalue weighted by molar-refractivity contribution is 7.84. The highest BCUT2D eigenvalue weighted by Gasteiger charge is 2.35. The number of hydrogen-bond donors (Lipinski definition) is 1. The summed E-state index contributed by atoms with van der Waals surface area (Å²) in [6.07, 6.45) is 13.9. The van der Waals surface area contributed by atoms with Gasteiger partial charge in [-0.1, -0.05) is 107 Å². The van der Waals surface area contributed by atoms with E-state index in [-0.39, 0.29) is 18.7 Å². The van der Waals surface area contributed by atoms with Gasteiger partial charge in [0.05, 0.1) is 21.8 Å². The fourth-order valence-electron chi connectivity index (χ4n) is 6.36. The number of hydrogen-bond acceptors (Lipinski definition) is 1. The van der Waals surface area contributed by atoms with E-state index in [0.29, 0.717) is 0 Å². The molecule has 0 bridgehead atoms. The average molecular weight is 534 g/mol. The lowest BCUT2D eigenvalue weighted by molar-refractivity contribution is 0.487. The second-order valence-corrected chi connectivity index (χ2v) is 16.8. The molecule has 0 spiro atoms. The molecule has 37 heavy (non-hydrogen) atoms. The Morgan fingerprint density at radius 1 is 0.757 bits per heavy atom. The van der Waals surface area contributed by atoms with Gasteiger partial charge in [0.25, 0.3) is 0 Å². The zero-order valence-electron chi connectivity index (χ0n) is 22.9. The smallest absolute Gasteiger partial charge is 0.0979 e. The first-order valence-electron chi connectivity index (χ1n) is 14.5. The Morgan fingerprint density at radius 2 is 1.32 bits per heavy atom. The van der Waals surface area contributed by atoms with Gasteiger partial charge in [0.2, 0.25) is 0 Å². The molecule has 4 heteroatoms. The number of rotatable bonds is 7. The molecule has 198 valence electrons. The summed E-state index contributed by atoms with van der Waals surface area (Å²) in [6.45, 7) is 6.20. The van der Waals surface area contributed by atoms with Crippen LogP contribution in [0.25, 0.3) is 10.8 Å². The minimum Gasteiger partial charge on any atom is -0.242 e. The summed E-state index contributed by atoms with van der Waals surface area (Å²) in [5.41, 5.74) is 4.24. The van der Waals surface area contributed by atoms with Crippen molar-refractivity contribution in [1.29, 1.82) is 0 Å². The van der Waals surface area contributed by atoms with E-state index in [2.05, 4.69) is 92.2 Å².